The maximum absolute atomic E-state index is 12.6. The molecule has 5 rings (SSSR count). The van der Waals surface area contributed by atoms with Crippen LogP contribution < -0.4 is 9.64 Å². The number of hydrogen-bond donors (Lipinski definition) is 0. The van der Waals surface area contributed by atoms with Crippen molar-refractivity contribution >= 4 is 23.3 Å². The molecule has 1 heterocycles. The minimum atomic E-state index is -0.417. The quantitative estimate of drug-likeness (QED) is 0.203. The number of esters is 1. The number of piperazine rings is 1. The number of halogens is 1. The zero-order valence-corrected chi connectivity index (χ0v) is 24.6. The highest BCUT2D eigenvalue weighted by Crippen LogP contribution is 2.32. The number of hydrogen-bond acceptors (Lipinski definition) is 6. The highest BCUT2D eigenvalue weighted by molar-refractivity contribution is 6.30. The summed E-state index contributed by atoms with van der Waals surface area (Å²) in [6.07, 6.45) is 0. The number of rotatable bonds is 9. The van der Waals surface area contributed by atoms with Crippen molar-refractivity contribution in [1.29, 1.82) is 0 Å². The predicted octanol–water partition coefficient (Wildman–Crippen LogP) is 6.97. The van der Waals surface area contributed by atoms with Crippen LogP contribution in [-0.2, 0) is 17.8 Å². The van der Waals surface area contributed by atoms with E-state index in [1.54, 1.807) is 6.07 Å². The second-order valence-corrected chi connectivity index (χ2v) is 11.0. The molecular formula is C34H36ClN3O3. The van der Waals surface area contributed by atoms with Crippen molar-refractivity contribution in [2.24, 2.45) is 0 Å². The van der Waals surface area contributed by atoms with Gasteiger partial charge in [-0.1, -0.05) is 60.1 Å². The molecule has 212 valence electrons. The summed E-state index contributed by atoms with van der Waals surface area (Å²) in [4.78, 5) is 19.5. The summed E-state index contributed by atoms with van der Waals surface area (Å²) >= 11 is 6.12. The number of ether oxygens (including phenoxy) is 2. The third kappa shape index (κ3) is 7.27. The lowest BCUT2D eigenvalue weighted by Gasteiger charge is -2.36. The zero-order chi connectivity index (χ0) is 28.8. The molecule has 1 fully saturated rings. The van der Waals surface area contributed by atoms with E-state index < -0.39 is 5.97 Å². The van der Waals surface area contributed by atoms with Gasteiger partial charge in [-0.15, -0.1) is 0 Å². The second kappa shape index (κ2) is 13.2. The standard InChI is InChI=1S/C34H36ClN3O3/c1-36(2)23-25-7-6-9-30(21-25)41-33-22-29(15-16-32(33)34(39)40-3)38-19-17-37(18-20-38)24-27-8-4-5-10-31(27)26-11-13-28(35)14-12-26/h4-16,21-22H,17-20,23-24H2,1-3H3. The average molecular weight is 570 g/mol. The Morgan fingerprint density at radius 2 is 1.63 bits per heavy atom. The summed E-state index contributed by atoms with van der Waals surface area (Å²) < 4.78 is 11.3. The smallest absolute Gasteiger partial charge is 0.341 e. The first-order valence-corrected chi connectivity index (χ1v) is 14.2. The Morgan fingerprint density at radius 3 is 2.37 bits per heavy atom. The van der Waals surface area contributed by atoms with E-state index >= 15 is 0 Å². The summed E-state index contributed by atoms with van der Waals surface area (Å²) in [5, 5.41) is 0.744. The SMILES string of the molecule is COC(=O)c1ccc(N2CCN(Cc3ccccc3-c3ccc(Cl)cc3)CC2)cc1Oc1cccc(CN(C)C)c1. The normalized spacial score (nSPS) is 13.8. The molecule has 1 aliphatic heterocycles. The Kier molecular flexibility index (Phi) is 9.24. The molecule has 0 aliphatic carbocycles. The van der Waals surface area contributed by atoms with Crippen LogP contribution in [0.2, 0.25) is 5.02 Å². The number of benzene rings is 4. The summed E-state index contributed by atoms with van der Waals surface area (Å²) in [6, 6.07) is 30.3. The highest BCUT2D eigenvalue weighted by atomic mass is 35.5. The van der Waals surface area contributed by atoms with E-state index in [0.717, 1.165) is 55.5 Å². The molecule has 0 saturated carbocycles. The van der Waals surface area contributed by atoms with Crippen molar-refractivity contribution < 1.29 is 14.3 Å². The summed E-state index contributed by atoms with van der Waals surface area (Å²) in [5.41, 5.74) is 6.29. The average Bonchev–Trinajstić information content (AvgIpc) is 2.98. The van der Waals surface area contributed by atoms with Crippen molar-refractivity contribution in [3.63, 3.8) is 0 Å². The third-order valence-corrected chi connectivity index (χ3v) is 7.55. The molecular weight excluding hydrogens is 534 g/mol. The molecule has 0 N–H and O–H groups in total. The van der Waals surface area contributed by atoms with E-state index in [9.17, 15) is 4.79 Å². The maximum atomic E-state index is 12.6. The van der Waals surface area contributed by atoms with Gasteiger partial charge < -0.3 is 19.3 Å². The molecule has 0 bridgehead atoms. The van der Waals surface area contributed by atoms with Gasteiger partial charge in [0.1, 0.15) is 17.1 Å². The molecule has 1 aliphatic rings. The molecule has 41 heavy (non-hydrogen) atoms. The van der Waals surface area contributed by atoms with Gasteiger partial charge in [0.2, 0.25) is 0 Å². The van der Waals surface area contributed by atoms with E-state index in [1.165, 1.54) is 23.8 Å². The zero-order valence-electron chi connectivity index (χ0n) is 23.8. The summed E-state index contributed by atoms with van der Waals surface area (Å²) in [5.74, 6) is 0.770. The summed E-state index contributed by atoms with van der Waals surface area (Å²) in [6.45, 7) is 5.28. The van der Waals surface area contributed by atoms with Gasteiger partial charge in [-0.2, -0.15) is 0 Å². The molecule has 0 atom stereocenters. The number of methoxy groups -OCH3 is 1. The monoisotopic (exact) mass is 569 g/mol. The molecule has 1 saturated heterocycles. The Morgan fingerprint density at radius 1 is 0.878 bits per heavy atom. The molecule has 0 aromatic heterocycles. The molecule has 4 aromatic carbocycles. The van der Waals surface area contributed by atoms with Crippen molar-refractivity contribution in [3.8, 4) is 22.6 Å². The van der Waals surface area contributed by atoms with Gasteiger partial charge in [-0.05, 0) is 72.7 Å². The van der Waals surface area contributed by atoms with E-state index in [4.69, 9.17) is 21.1 Å². The highest BCUT2D eigenvalue weighted by Gasteiger charge is 2.21. The van der Waals surface area contributed by atoms with Crippen LogP contribution in [0.1, 0.15) is 21.5 Å². The first-order chi connectivity index (χ1) is 19.9. The van der Waals surface area contributed by atoms with Crippen LogP contribution >= 0.6 is 11.6 Å². The van der Waals surface area contributed by atoms with Gasteiger partial charge in [0, 0.05) is 56.0 Å². The fraction of sp³-hybridized carbons (Fsp3) is 0.265. The molecule has 4 aromatic rings. The van der Waals surface area contributed by atoms with E-state index in [-0.39, 0.29) is 0 Å². The second-order valence-electron chi connectivity index (χ2n) is 10.6. The Bertz CT molecular complexity index is 1480. The van der Waals surface area contributed by atoms with Crippen LogP contribution in [0.15, 0.2) is 91.0 Å². The minimum absolute atomic E-state index is 0.409. The largest absolute Gasteiger partial charge is 0.465 e. The van der Waals surface area contributed by atoms with Crippen LogP contribution in [-0.4, -0.2) is 63.2 Å². The van der Waals surface area contributed by atoms with Crippen molar-refractivity contribution in [3.05, 3.63) is 113 Å². The third-order valence-electron chi connectivity index (χ3n) is 7.30. The van der Waals surface area contributed by atoms with Crippen molar-refractivity contribution in [2.75, 3.05) is 52.3 Å². The van der Waals surface area contributed by atoms with E-state index in [1.807, 2.05) is 56.6 Å². The lowest BCUT2D eigenvalue weighted by molar-refractivity contribution is 0.0598. The first kappa shape index (κ1) is 28.7. The van der Waals surface area contributed by atoms with Crippen LogP contribution in [0.4, 0.5) is 5.69 Å². The van der Waals surface area contributed by atoms with Crippen LogP contribution in [0.25, 0.3) is 11.1 Å². The molecule has 0 unspecified atom stereocenters. The predicted molar refractivity (Wildman–Crippen MR) is 166 cm³/mol. The minimum Gasteiger partial charge on any atom is -0.465 e. The Hall–Kier alpha value is -3.84. The number of nitrogens with zero attached hydrogens (tertiary/aromatic N) is 3. The van der Waals surface area contributed by atoms with E-state index in [0.29, 0.717) is 17.1 Å². The van der Waals surface area contributed by atoms with E-state index in [2.05, 4.69) is 57.2 Å². The van der Waals surface area contributed by atoms with Crippen molar-refractivity contribution in [2.45, 2.75) is 13.1 Å². The van der Waals surface area contributed by atoms with Gasteiger partial charge in [-0.3, -0.25) is 4.90 Å². The van der Waals surface area contributed by atoms with Gasteiger partial charge in [0.05, 0.1) is 7.11 Å². The Labute approximate surface area is 247 Å². The lowest BCUT2D eigenvalue weighted by atomic mass is 9.99. The number of carbonyl (C=O) groups is 1. The maximum Gasteiger partial charge on any atom is 0.341 e. The van der Waals surface area contributed by atoms with Gasteiger partial charge in [0.25, 0.3) is 0 Å². The van der Waals surface area contributed by atoms with Crippen LogP contribution in [0.5, 0.6) is 11.5 Å². The molecule has 0 spiro atoms. The van der Waals surface area contributed by atoms with Crippen molar-refractivity contribution in [1.82, 2.24) is 9.80 Å². The number of anilines is 1. The fourth-order valence-corrected chi connectivity index (χ4v) is 5.37. The molecule has 6 nitrogen and oxygen atoms in total. The summed E-state index contributed by atoms with van der Waals surface area (Å²) in [7, 11) is 5.46. The lowest BCUT2D eigenvalue weighted by Crippen LogP contribution is -2.46. The molecule has 0 radical (unpaired) electrons. The van der Waals surface area contributed by atoms with Gasteiger partial charge >= 0.3 is 5.97 Å². The van der Waals surface area contributed by atoms with Crippen LogP contribution in [0, 0.1) is 0 Å². The van der Waals surface area contributed by atoms with Gasteiger partial charge in [-0.25, -0.2) is 4.79 Å². The molecule has 0 amide bonds. The van der Waals surface area contributed by atoms with Crippen LogP contribution in [0.3, 0.4) is 0 Å². The first-order valence-electron chi connectivity index (χ1n) is 13.8. The fourth-order valence-electron chi connectivity index (χ4n) is 5.24. The van der Waals surface area contributed by atoms with Gasteiger partial charge in [0.15, 0.2) is 0 Å². The number of carbonyl (C=O) groups excluding carboxylic acids is 1. The topological polar surface area (TPSA) is 45.3 Å². The molecule has 7 heteroatoms. The Balaban J connectivity index is 1.29.